The molecule has 0 fully saturated rings. The van der Waals surface area contributed by atoms with Gasteiger partial charge in [-0.1, -0.05) is 18.3 Å². The van der Waals surface area contributed by atoms with E-state index in [9.17, 15) is 13.6 Å². The van der Waals surface area contributed by atoms with E-state index in [1.165, 1.54) is 24.3 Å². The third-order valence-electron chi connectivity index (χ3n) is 2.95. The fraction of sp³-hybridized carbons (Fsp3) is 0.0667. The predicted molar refractivity (Wildman–Crippen MR) is 81.4 cm³/mol. The van der Waals surface area contributed by atoms with Crippen molar-refractivity contribution in [3.8, 4) is 0 Å². The number of carbonyl (C=O) groups excluding carboxylic acids is 1. The second-order valence-electron chi connectivity index (χ2n) is 4.47. The molecular weight excluding hydrogens is 294 g/mol. The van der Waals surface area contributed by atoms with Crippen LogP contribution in [-0.2, 0) is 0 Å². The molecule has 0 aliphatic rings. The van der Waals surface area contributed by atoms with Gasteiger partial charge in [0.05, 0.1) is 5.69 Å². The molecule has 0 aliphatic heterocycles. The van der Waals surface area contributed by atoms with Crippen molar-refractivity contribution in [1.82, 2.24) is 0 Å². The summed E-state index contributed by atoms with van der Waals surface area (Å²) in [5, 5.41) is 2.40. The van der Waals surface area contributed by atoms with E-state index in [0.717, 1.165) is 12.1 Å². The lowest BCUT2D eigenvalue weighted by atomic mass is 10.1. The lowest BCUT2D eigenvalue weighted by molar-refractivity contribution is 0.102. The van der Waals surface area contributed by atoms with E-state index in [2.05, 4.69) is 5.32 Å². The normalized spacial score (nSPS) is 10.2. The number of carbonyl (C=O) groups is 1. The fourth-order valence-electron chi connectivity index (χ4n) is 1.80. The van der Waals surface area contributed by atoms with Crippen molar-refractivity contribution in [3.63, 3.8) is 0 Å². The smallest absolute Gasteiger partial charge is 0.256 e. The van der Waals surface area contributed by atoms with Crippen LogP contribution in [0.25, 0.3) is 0 Å². The number of hydrogen-bond donors (Lipinski definition) is 2. The Kier molecular flexibility index (Phi) is 4.28. The van der Waals surface area contributed by atoms with Gasteiger partial charge in [-0.05, 0) is 42.8 Å². The van der Waals surface area contributed by atoms with Gasteiger partial charge >= 0.3 is 0 Å². The predicted octanol–water partition coefficient (Wildman–Crippen LogP) is 3.16. The van der Waals surface area contributed by atoms with E-state index in [-0.39, 0.29) is 16.2 Å². The molecule has 21 heavy (non-hydrogen) atoms. The summed E-state index contributed by atoms with van der Waals surface area (Å²) in [5.41, 5.74) is 6.47. The zero-order valence-electron chi connectivity index (χ0n) is 11.1. The fourth-order valence-corrected chi connectivity index (χ4v) is 1.93. The molecule has 0 saturated heterocycles. The summed E-state index contributed by atoms with van der Waals surface area (Å²) in [4.78, 5) is 12.1. The average Bonchev–Trinajstić information content (AvgIpc) is 2.43. The van der Waals surface area contributed by atoms with Gasteiger partial charge in [-0.3, -0.25) is 4.79 Å². The van der Waals surface area contributed by atoms with Gasteiger partial charge in [-0.15, -0.1) is 0 Å². The first-order valence-electron chi connectivity index (χ1n) is 6.05. The van der Waals surface area contributed by atoms with Crippen molar-refractivity contribution in [1.29, 1.82) is 0 Å². The highest BCUT2D eigenvalue weighted by Crippen LogP contribution is 2.18. The van der Waals surface area contributed by atoms with E-state index in [0.29, 0.717) is 11.1 Å². The van der Waals surface area contributed by atoms with Crippen LogP contribution in [0.1, 0.15) is 21.5 Å². The summed E-state index contributed by atoms with van der Waals surface area (Å²) < 4.78 is 27.0. The molecular formula is C15H12F2N2OS. The van der Waals surface area contributed by atoms with Gasteiger partial charge in [0.25, 0.3) is 5.91 Å². The van der Waals surface area contributed by atoms with Crippen molar-refractivity contribution in [2.75, 3.05) is 5.32 Å². The number of halogens is 2. The summed E-state index contributed by atoms with van der Waals surface area (Å²) in [6.07, 6.45) is 0. The molecule has 0 radical (unpaired) electrons. The molecule has 1 amide bonds. The van der Waals surface area contributed by atoms with Crippen molar-refractivity contribution in [2.24, 2.45) is 5.73 Å². The van der Waals surface area contributed by atoms with E-state index in [1.54, 1.807) is 6.92 Å². The van der Waals surface area contributed by atoms with Crippen LogP contribution in [0.5, 0.6) is 0 Å². The topological polar surface area (TPSA) is 55.1 Å². The van der Waals surface area contributed by atoms with Crippen molar-refractivity contribution >= 4 is 28.8 Å². The first kappa shape index (κ1) is 15.1. The van der Waals surface area contributed by atoms with E-state index in [4.69, 9.17) is 18.0 Å². The SMILES string of the molecule is Cc1ccc(F)cc1C(=O)Nc1ccc(C(N)=S)cc1F. The molecule has 0 aromatic heterocycles. The Hall–Kier alpha value is -2.34. The molecule has 2 aromatic carbocycles. The zero-order valence-corrected chi connectivity index (χ0v) is 11.9. The highest BCUT2D eigenvalue weighted by atomic mass is 32.1. The van der Waals surface area contributed by atoms with Crippen LogP contribution in [0.4, 0.5) is 14.5 Å². The molecule has 6 heteroatoms. The number of amides is 1. The minimum Gasteiger partial charge on any atom is -0.389 e. The molecule has 0 saturated carbocycles. The van der Waals surface area contributed by atoms with Crippen LogP contribution < -0.4 is 11.1 Å². The second kappa shape index (κ2) is 5.97. The van der Waals surface area contributed by atoms with Crippen molar-refractivity contribution < 1.29 is 13.6 Å². The van der Waals surface area contributed by atoms with Crippen molar-refractivity contribution in [3.05, 3.63) is 64.7 Å². The molecule has 0 heterocycles. The lowest BCUT2D eigenvalue weighted by Crippen LogP contribution is -2.15. The second-order valence-corrected chi connectivity index (χ2v) is 4.91. The maximum absolute atomic E-state index is 13.9. The molecule has 2 aromatic rings. The number of nitrogens with two attached hydrogens (primary N) is 1. The van der Waals surface area contributed by atoms with Crippen LogP contribution in [0.3, 0.4) is 0 Å². The molecule has 2 rings (SSSR count). The number of anilines is 1. The van der Waals surface area contributed by atoms with Crippen LogP contribution in [0.15, 0.2) is 36.4 Å². The Morgan fingerprint density at radius 1 is 1.19 bits per heavy atom. The molecule has 0 aliphatic carbocycles. The van der Waals surface area contributed by atoms with Crippen LogP contribution in [0, 0.1) is 18.6 Å². The maximum Gasteiger partial charge on any atom is 0.256 e. The first-order valence-corrected chi connectivity index (χ1v) is 6.46. The van der Waals surface area contributed by atoms with Gasteiger partial charge in [0.15, 0.2) is 0 Å². The summed E-state index contributed by atoms with van der Waals surface area (Å²) >= 11 is 4.74. The summed E-state index contributed by atoms with van der Waals surface area (Å²) in [6, 6.07) is 7.83. The third-order valence-corrected chi connectivity index (χ3v) is 3.18. The first-order chi connectivity index (χ1) is 9.88. The summed E-state index contributed by atoms with van der Waals surface area (Å²) in [6.45, 7) is 1.67. The lowest BCUT2D eigenvalue weighted by Gasteiger charge is -2.09. The maximum atomic E-state index is 13.9. The van der Waals surface area contributed by atoms with E-state index in [1.807, 2.05) is 0 Å². The van der Waals surface area contributed by atoms with Gasteiger partial charge in [0.2, 0.25) is 0 Å². The molecule has 3 N–H and O–H groups in total. The van der Waals surface area contributed by atoms with Crippen LogP contribution >= 0.6 is 12.2 Å². The number of thiocarbonyl (C=S) groups is 1. The Balaban J connectivity index is 2.27. The molecule has 0 bridgehead atoms. The Labute approximate surface area is 125 Å². The van der Waals surface area contributed by atoms with Crippen molar-refractivity contribution in [2.45, 2.75) is 6.92 Å². The number of rotatable bonds is 3. The molecule has 0 atom stereocenters. The highest BCUT2D eigenvalue weighted by molar-refractivity contribution is 7.80. The number of hydrogen-bond acceptors (Lipinski definition) is 2. The summed E-state index contributed by atoms with van der Waals surface area (Å²) in [7, 11) is 0. The minimum absolute atomic E-state index is 0.0244. The third kappa shape index (κ3) is 3.41. The highest BCUT2D eigenvalue weighted by Gasteiger charge is 2.13. The monoisotopic (exact) mass is 306 g/mol. The molecule has 3 nitrogen and oxygen atoms in total. The van der Waals surface area contributed by atoms with Gasteiger partial charge in [0.1, 0.15) is 16.6 Å². The van der Waals surface area contributed by atoms with Crippen LogP contribution in [-0.4, -0.2) is 10.9 Å². The standard InChI is InChI=1S/C15H12F2N2OS/c1-8-2-4-10(16)7-11(8)15(20)19-13-5-3-9(14(18)21)6-12(13)17/h2-7H,1H3,(H2,18,21)(H,19,20). The van der Waals surface area contributed by atoms with Gasteiger partial charge in [-0.25, -0.2) is 8.78 Å². The number of aryl methyl sites for hydroxylation is 1. The molecule has 0 unspecified atom stereocenters. The Morgan fingerprint density at radius 3 is 2.52 bits per heavy atom. The van der Waals surface area contributed by atoms with E-state index >= 15 is 0 Å². The van der Waals surface area contributed by atoms with Gasteiger partial charge in [-0.2, -0.15) is 0 Å². The zero-order chi connectivity index (χ0) is 15.6. The van der Waals surface area contributed by atoms with E-state index < -0.39 is 17.5 Å². The summed E-state index contributed by atoms with van der Waals surface area (Å²) in [5.74, 6) is -1.79. The van der Waals surface area contributed by atoms with Gasteiger partial charge in [0, 0.05) is 11.1 Å². The minimum atomic E-state index is -0.664. The molecule has 108 valence electrons. The largest absolute Gasteiger partial charge is 0.389 e. The Morgan fingerprint density at radius 2 is 1.90 bits per heavy atom. The number of benzene rings is 2. The Bertz CT molecular complexity index is 732. The average molecular weight is 306 g/mol. The quantitative estimate of drug-likeness (QED) is 0.857. The van der Waals surface area contributed by atoms with Gasteiger partial charge < -0.3 is 11.1 Å². The van der Waals surface area contributed by atoms with Crippen LogP contribution in [0.2, 0.25) is 0 Å². The number of nitrogens with one attached hydrogen (secondary N) is 1. The molecule has 0 spiro atoms.